The van der Waals surface area contributed by atoms with E-state index in [1.54, 1.807) is 6.07 Å². The van der Waals surface area contributed by atoms with Gasteiger partial charge in [-0.2, -0.15) is 0 Å². The summed E-state index contributed by atoms with van der Waals surface area (Å²) >= 11 is 0. The van der Waals surface area contributed by atoms with Crippen LogP contribution >= 0.6 is 0 Å². The number of unbranched alkanes of at least 4 members (excludes halogenated alkanes) is 1. The van der Waals surface area contributed by atoms with E-state index in [9.17, 15) is 4.39 Å². The molecule has 0 heterocycles. The summed E-state index contributed by atoms with van der Waals surface area (Å²) in [6.45, 7) is 3.30. The number of benzene rings is 1. The Hall–Kier alpha value is -1.09. The molecule has 0 aliphatic carbocycles. The van der Waals surface area contributed by atoms with Crippen molar-refractivity contribution in [2.24, 2.45) is 0 Å². The number of hydrogen-bond acceptors (Lipinski definition) is 2. The number of halogens is 1. The van der Waals surface area contributed by atoms with Gasteiger partial charge < -0.3 is 10.5 Å². The van der Waals surface area contributed by atoms with Crippen molar-refractivity contribution in [1.82, 2.24) is 0 Å². The maximum absolute atomic E-state index is 12.7. The van der Waals surface area contributed by atoms with Gasteiger partial charge in [0.15, 0.2) is 0 Å². The lowest BCUT2D eigenvalue weighted by atomic mass is 10.2. The van der Waals surface area contributed by atoms with Crippen molar-refractivity contribution >= 4 is 5.69 Å². The molecule has 0 amide bonds. The predicted molar refractivity (Wildman–Crippen MR) is 55.4 cm³/mol. The molecular weight excluding hydrogens is 181 g/mol. The first kappa shape index (κ1) is 11.0. The van der Waals surface area contributed by atoms with Gasteiger partial charge in [-0.25, -0.2) is 4.39 Å². The maximum Gasteiger partial charge on any atom is 0.125 e. The Morgan fingerprint density at radius 1 is 1.43 bits per heavy atom. The molecule has 2 N–H and O–H groups in total. The van der Waals surface area contributed by atoms with Crippen molar-refractivity contribution < 1.29 is 9.13 Å². The summed E-state index contributed by atoms with van der Waals surface area (Å²) in [4.78, 5) is 0. The molecule has 0 aliphatic heterocycles. The van der Waals surface area contributed by atoms with Crippen LogP contribution in [0.25, 0.3) is 0 Å². The third-order valence-electron chi connectivity index (χ3n) is 2.01. The highest BCUT2D eigenvalue weighted by molar-refractivity contribution is 5.46. The Morgan fingerprint density at radius 3 is 2.86 bits per heavy atom. The van der Waals surface area contributed by atoms with Crippen LogP contribution in [0.1, 0.15) is 25.3 Å². The molecule has 0 spiro atoms. The molecule has 0 fully saturated rings. The van der Waals surface area contributed by atoms with E-state index in [-0.39, 0.29) is 5.82 Å². The largest absolute Gasteiger partial charge is 0.398 e. The van der Waals surface area contributed by atoms with Crippen LogP contribution < -0.4 is 5.73 Å². The first-order valence-electron chi connectivity index (χ1n) is 4.85. The van der Waals surface area contributed by atoms with E-state index < -0.39 is 0 Å². The number of nitrogens with two attached hydrogens (primary N) is 1. The van der Waals surface area contributed by atoms with Crippen molar-refractivity contribution in [2.45, 2.75) is 26.4 Å². The molecule has 0 unspecified atom stereocenters. The van der Waals surface area contributed by atoms with Crippen molar-refractivity contribution in [3.05, 3.63) is 29.6 Å². The minimum absolute atomic E-state index is 0.306. The number of hydrogen-bond donors (Lipinski definition) is 1. The van der Waals surface area contributed by atoms with E-state index in [0.717, 1.165) is 25.0 Å². The normalized spacial score (nSPS) is 10.4. The summed E-state index contributed by atoms with van der Waals surface area (Å²) in [5, 5.41) is 0. The Morgan fingerprint density at radius 2 is 2.21 bits per heavy atom. The van der Waals surface area contributed by atoms with Gasteiger partial charge in [-0.3, -0.25) is 0 Å². The van der Waals surface area contributed by atoms with Gasteiger partial charge in [0, 0.05) is 17.9 Å². The minimum atomic E-state index is -0.306. The van der Waals surface area contributed by atoms with Crippen LogP contribution in [-0.2, 0) is 11.3 Å². The molecule has 1 aromatic rings. The number of rotatable bonds is 5. The highest BCUT2D eigenvalue weighted by Crippen LogP contribution is 2.14. The molecule has 0 saturated heterocycles. The van der Waals surface area contributed by atoms with Crippen LogP contribution in [0.5, 0.6) is 0 Å². The average molecular weight is 197 g/mol. The van der Waals surface area contributed by atoms with E-state index in [2.05, 4.69) is 6.92 Å². The van der Waals surface area contributed by atoms with Gasteiger partial charge >= 0.3 is 0 Å². The summed E-state index contributed by atoms with van der Waals surface area (Å²) in [5.41, 5.74) is 6.93. The smallest absolute Gasteiger partial charge is 0.125 e. The van der Waals surface area contributed by atoms with E-state index in [1.807, 2.05) is 0 Å². The van der Waals surface area contributed by atoms with E-state index >= 15 is 0 Å². The molecule has 2 nitrogen and oxygen atoms in total. The van der Waals surface area contributed by atoms with Gasteiger partial charge in [-0.15, -0.1) is 0 Å². The summed E-state index contributed by atoms with van der Waals surface area (Å²) in [6.07, 6.45) is 2.15. The molecule has 1 aromatic carbocycles. The Labute approximate surface area is 83.9 Å². The summed E-state index contributed by atoms with van der Waals surface area (Å²) in [5.74, 6) is -0.306. The second-order valence-corrected chi connectivity index (χ2v) is 3.25. The molecule has 0 bridgehead atoms. The fourth-order valence-electron chi connectivity index (χ4n) is 1.13. The van der Waals surface area contributed by atoms with Gasteiger partial charge in [0.25, 0.3) is 0 Å². The third kappa shape index (κ3) is 3.34. The molecule has 14 heavy (non-hydrogen) atoms. The zero-order valence-corrected chi connectivity index (χ0v) is 8.42. The first-order chi connectivity index (χ1) is 6.74. The summed E-state index contributed by atoms with van der Waals surface area (Å²) in [6, 6.07) is 4.38. The van der Waals surface area contributed by atoms with Crippen molar-refractivity contribution in [1.29, 1.82) is 0 Å². The topological polar surface area (TPSA) is 35.2 Å². The van der Waals surface area contributed by atoms with Gasteiger partial charge in [0.05, 0.1) is 6.61 Å². The lowest BCUT2D eigenvalue weighted by Gasteiger charge is -2.06. The SMILES string of the molecule is CCCCOCc1ccc(F)cc1N. The molecular formula is C11H16FNO. The van der Waals surface area contributed by atoms with Gasteiger partial charge in [-0.05, 0) is 18.6 Å². The Bertz CT molecular complexity index is 289. The summed E-state index contributed by atoms with van der Waals surface area (Å²) < 4.78 is 18.0. The third-order valence-corrected chi connectivity index (χ3v) is 2.01. The molecule has 0 atom stereocenters. The van der Waals surface area contributed by atoms with Gasteiger partial charge in [0.1, 0.15) is 5.82 Å². The lowest BCUT2D eigenvalue weighted by Crippen LogP contribution is -1.99. The standard InChI is InChI=1S/C11H16FNO/c1-2-3-6-14-8-9-4-5-10(12)7-11(9)13/h4-5,7H,2-3,6,8,13H2,1H3. The fourth-order valence-corrected chi connectivity index (χ4v) is 1.13. The van der Waals surface area contributed by atoms with Crippen LogP contribution in [0.15, 0.2) is 18.2 Å². The number of nitrogen functional groups attached to an aromatic ring is 1. The van der Waals surface area contributed by atoms with Crippen molar-refractivity contribution in [3.8, 4) is 0 Å². The van der Waals surface area contributed by atoms with Gasteiger partial charge in [0.2, 0.25) is 0 Å². The first-order valence-corrected chi connectivity index (χ1v) is 4.85. The maximum atomic E-state index is 12.7. The molecule has 1 rings (SSSR count). The summed E-state index contributed by atoms with van der Waals surface area (Å²) in [7, 11) is 0. The molecule has 0 radical (unpaired) electrons. The molecule has 0 aromatic heterocycles. The monoisotopic (exact) mass is 197 g/mol. The van der Waals surface area contributed by atoms with E-state index in [0.29, 0.717) is 12.3 Å². The number of ether oxygens (including phenoxy) is 1. The predicted octanol–water partition coefficient (Wildman–Crippen LogP) is 2.72. The van der Waals surface area contributed by atoms with Crippen LogP contribution in [0.3, 0.4) is 0 Å². The lowest BCUT2D eigenvalue weighted by molar-refractivity contribution is 0.118. The molecule has 78 valence electrons. The fraction of sp³-hybridized carbons (Fsp3) is 0.455. The Balaban J connectivity index is 2.42. The van der Waals surface area contributed by atoms with Crippen molar-refractivity contribution in [3.63, 3.8) is 0 Å². The number of anilines is 1. The van der Waals surface area contributed by atoms with Crippen LogP contribution in [0.4, 0.5) is 10.1 Å². The highest BCUT2D eigenvalue weighted by Gasteiger charge is 2.00. The zero-order valence-electron chi connectivity index (χ0n) is 8.42. The van der Waals surface area contributed by atoms with Crippen molar-refractivity contribution in [2.75, 3.05) is 12.3 Å². The quantitative estimate of drug-likeness (QED) is 0.582. The van der Waals surface area contributed by atoms with E-state index in [4.69, 9.17) is 10.5 Å². The Kier molecular flexibility index (Phi) is 4.40. The van der Waals surface area contributed by atoms with Crippen LogP contribution in [-0.4, -0.2) is 6.61 Å². The van der Waals surface area contributed by atoms with Crippen LogP contribution in [0, 0.1) is 5.82 Å². The second-order valence-electron chi connectivity index (χ2n) is 3.25. The molecule has 0 saturated carbocycles. The van der Waals surface area contributed by atoms with Gasteiger partial charge in [-0.1, -0.05) is 19.4 Å². The zero-order chi connectivity index (χ0) is 10.4. The highest BCUT2D eigenvalue weighted by atomic mass is 19.1. The molecule has 3 heteroatoms. The minimum Gasteiger partial charge on any atom is -0.398 e. The van der Waals surface area contributed by atoms with Crippen LogP contribution in [0.2, 0.25) is 0 Å². The second kappa shape index (κ2) is 5.60. The van der Waals surface area contributed by atoms with E-state index in [1.165, 1.54) is 12.1 Å². The molecule has 0 aliphatic rings. The average Bonchev–Trinajstić information content (AvgIpc) is 2.15.